The summed E-state index contributed by atoms with van der Waals surface area (Å²) < 4.78 is 66.1. The zero-order chi connectivity index (χ0) is 29.1. The number of nitrogens with zero attached hydrogens (tertiary/aromatic N) is 4. The van der Waals surface area contributed by atoms with Crippen LogP contribution in [0.4, 0.5) is 34.0 Å². The van der Waals surface area contributed by atoms with Crippen LogP contribution in [0, 0.1) is 5.82 Å². The number of carbonyl (C=O) groups is 1. The second kappa shape index (κ2) is 11.1. The fraction of sp³-hybridized carbons (Fsp3) is 0.154. The lowest BCUT2D eigenvalue weighted by molar-refractivity contribution is -0.137. The maximum Gasteiger partial charge on any atom is 0.416 e. The van der Waals surface area contributed by atoms with Crippen molar-refractivity contribution in [3.8, 4) is 28.9 Å². The number of aliphatic hydroxyl groups excluding tert-OH is 1. The molecule has 3 heterocycles. The Bertz CT molecular complexity index is 1720. The summed E-state index contributed by atoms with van der Waals surface area (Å²) in [6.07, 6.45) is -2.59. The number of aliphatic hydroxyl groups is 1. The first-order valence-electron chi connectivity index (χ1n) is 12.0. The van der Waals surface area contributed by atoms with E-state index >= 15 is 0 Å². The normalized spacial score (nSPS) is 11.5. The van der Waals surface area contributed by atoms with Crippen LogP contribution < -0.4 is 20.1 Å². The summed E-state index contributed by atoms with van der Waals surface area (Å²) in [4.78, 5) is 27.2. The molecule has 3 aromatic heterocycles. The number of aromatic amines is 1. The molecule has 0 aliphatic carbocycles. The number of hydrogen-bond donors (Lipinski definition) is 4. The Balaban J connectivity index is 1.33. The topological polar surface area (TPSA) is 139 Å². The number of rotatable bonds is 8. The van der Waals surface area contributed by atoms with Crippen molar-refractivity contribution in [1.82, 2.24) is 29.8 Å². The zero-order valence-electron chi connectivity index (χ0n) is 21.2. The number of aryl methyl sites for hydroxylation is 1. The van der Waals surface area contributed by atoms with E-state index < -0.39 is 23.7 Å². The lowest BCUT2D eigenvalue weighted by Crippen LogP contribution is -2.29. The standard InChI is InChI=1S/C26H21F4N7O4/c1-37-21-5-3-15(11-19(21)35-24(37)34-18-10-14(26(28,29)30)2-4-17(18)27)40-16-6-7-31-20(12-16)23-33-13-22(36-23)41-25(39)32-8-9-38/h2-7,10-13,38H,8-9H2,1H3,(H,32,39)(H,33,36)(H,34,35). The number of nitrogens with one attached hydrogen (secondary N) is 3. The van der Waals surface area contributed by atoms with Gasteiger partial charge < -0.3 is 34.8 Å². The predicted octanol–water partition coefficient (Wildman–Crippen LogP) is 5.13. The summed E-state index contributed by atoms with van der Waals surface area (Å²) in [5.41, 5.74) is 0.0996. The molecule has 0 fully saturated rings. The number of carbonyl (C=O) groups excluding carboxylic acids is 1. The van der Waals surface area contributed by atoms with Gasteiger partial charge in [0.2, 0.25) is 11.8 Å². The van der Waals surface area contributed by atoms with Crippen LogP contribution in [-0.4, -0.2) is 48.9 Å². The largest absolute Gasteiger partial charge is 0.457 e. The number of hydrogen-bond acceptors (Lipinski definition) is 8. The molecule has 0 radical (unpaired) electrons. The fourth-order valence-corrected chi connectivity index (χ4v) is 3.79. The minimum atomic E-state index is -4.63. The number of H-pyrrole nitrogens is 1. The average molecular weight is 571 g/mol. The first kappa shape index (κ1) is 27.4. The molecule has 15 heteroatoms. The Morgan fingerprint density at radius 2 is 1.90 bits per heavy atom. The number of imidazole rings is 2. The molecule has 41 heavy (non-hydrogen) atoms. The van der Waals surface area contributed by atoms with Crippen LogP contribution in [0.5, 0.6) is 17.4 Å². The predicted molar refractivity (Wildman–Crippen MR) is 138 cm³/mol. The molecule has 4 N–H and O–H groups in total. The molecule has 0 spiro atoms. The molecule has 0 aliphatic heterocycles. The number of alkyl halides is 3. The van der Waals surface area contributed by atoms with Gasteiger partial charge in [-0.15, -0.1) is 0 Å². The Morgan fingerprint density at radius 1 is 1.10 bits per heavy atom. The van der Waals surface area contributed by atoms with E-state index in [1.54, 1.807) is 41.9 Å². The molecule has 1 amide bonds. The third-order valence-electron chi connectivity index (χ3n) is 5.74. The number of anilines is 2. The van der Waals surface area contributed by atoms with Gasteiger partial charge in [0.15, 0.2) is 5.82 Å². The van der Waals surface area contributed by atoms with E-state index in [1.165, 1.54) is 12.4 Å². The van der Waals surface area contributed by atoms with Crippen LogP contribution >= 0.6 is 0 Å². The molecule has 5 rings (SSSR count). The third kappa shape index (κ3) is 6.19. The Kier molecular flexibility index (Phi) is 7.43. The highest BCUT2D eigenvalue weighted by molar-refractivity contribution is 5.81. The molecule has 2 aromatic carbocycles. The molecule has 212 valence electrons. The van der Waals surface area contributed by atoms with Gasteiger partial charge in [0.25, 0.3) is 0 Å². The first-order valence-corrected chi connectivity index (χ1v) is 12.0. The van der Waals surface area contributed by atoms with Gasteiger partial charge >= 0.3 is 12.3 Å². The monoisotopic (exact) mass is 571 g/mol. The van der Waals surface area contributed by atoms with Crippen LogP contribution in [0.15, 0.2) is 60.9 Å². The zero-order valence-corrected chi connectivity index (χ0v) is 21.2. The minimum Gasteiger partial charge on any atom is -0.457 e. The minimum absolute atomic E-state index is 0.0389. The Hall–Kier alpha value is -5.18. The molecule has 0 saturated carbocycles. The van der Waals surface area contributed by atoms with Gasteiger partial charge in [0, 0.05) is 31.9 Å². The summed E-state index contributed by atoms with van der Waals surface area (Å²) >= 11 is 0. The number of pyridine rings is 1. The summed E-state index contributed by atoms with van der Waals surface area (Å²) in [5, 5.41) is 13.7. The molecule has 0 saturated heterocycles. The van der Waals surface area contributed by atoms with Crippen LogP contribution in [0.25, 0.3) is 22.6 Å². The molecule has 0 bridgehead atoms. The maximum atomic E-state index is 14.3. The third-order valence-corrected chi connectivity index (χ3v) is 5.74. The van der Waals surface area contributed by atoms with Gasteiger partial charge in [-0.2, -0.15) is 13.2 Å². The number of halogens is 4. The van der Waals surface area contributed by atoms with Gasteiger partial charge in [-0.1, -0.05) is 0 Å². The fourth-order valence-electron chi connectivity index (χ4n) is 3.79. The lowest BCUT2D eigenvalue weighted by Gasteiger charge is -2.11. The Labute approximate surface area is 228 Å². The molecule has 11 nitrogen and oxygen atoms in total. The van der Waals surface area contributed by atoms with Crippen molar-refractivity contribution in [2.24, 2.45) is 7.05 Å². The molecule has 0 aliphatic rings. The van der Waals surface area contributed by atoms with Crippen molar-refractivity contribution < 1.29 is 36.9 Å². The van der Waals surface area contributed by atoms with Crippen molar-refractivity contribution in [3.05, 3.63) is 72.3 Å². The number of benzene rings is 2. The maximum absolute atomic E-state index is 14.3. The van der Waals surface area contributed by atoms with E-state index in [0.717, 1.165) is 6.07 Å². The molecular formula is C26H21F4N7O4. The second-order valence-corrected chi connectivity index (χ2v) is 8.58. The van der Waals surface area contributed by atoms with Crippen molar-refractivity contribution in [2.75, 3.05) is 18.5 Å². The van der Waals surface area contributed by atoms with Crippen LogP contribution in [0.2, 0.25) is 0 Å². The van der Waals surface area contributed by atoms with E-state index in [0.29, 0.717) is 46.2 Å². The van der Waals surface area contributed by atoms with Crippen molar-refractivity contribution in [2.45, 2.75) is 6.18 Å². The number of aromatic nitrogens is 5. The molecule has 0 unspecified atom stereocenters. The van der Waals surface area contributed by atoms with E-state index in [-0.39, 0.29) is 30.7 Å². The average Bonchev–Trinajstić information content (AvgIpc) is 3.52. The van der Waals surface area contributed by atoms with E-state index in [2.05, 4.69) is 30.6 Å². The van der Waals surface area contributed by atoms with Crippen LogP contribution in [0.1, 0.15) is 5.56 Å². The summed E-state index contributed by atoms with van der Waals surface area (Å²) in [6, 6.07) is 10.3. The number of amides is 1. The van der Waals surface area contributed by atoms with Crippen molar-refractivity contribution in [3.63, 3.8) is 0 Å². The van der Waals surface area contributed by atoms with E-state index in [4.69, 9.17) is 14.6 Å². The highest BCUT2D eigenvalue weighted by Gasteiger charge is 2.31. The van der Waals surface area contributed by atoms with Gasteiger partial charge in [0.1, 0.15) is 23.0 Å². The van der Waals surface area contributed by atoms with Crippen molar-refractivity contribution in [1.29, 1.82) is 0 Å². The first-order chi connectivity index (χ1) is 19.6. The second-order valence-electron chi connectivity index (χ2n) is 8.58. The van der Waals surface area contributed by atoms with E-state index in [9.17, 15) is 22.4 Å². The highest BCUT2D eigenvalue weighted by Crippen LogP contribution is 2.34. The lowest BCUT2D eigenvalue weighted by atomic mass is 10.2. The van der Waals surface area contributed by atoms with E-state index in [1.807, 2.05) is 0 Å². The summed E-state index contributed by atoms with van der Waals surface area (Å²) in [5.74, 6) is 0.435. The quantitative estimate of drug-likeness (QED) is 0.188. The van der Waals surface area contributed by atoms with Gasteiger partial charge in [-0.25, -0.2) is 19.2 Å². The van der Waals surface area contributed by atoms with Gasteiger partial charge in [-0.3, -0.25) is 4.98 Å². The molecule has 0 atom stereocenters. The van der Waals surface area contributed by atoms with Gasteiger partial charge in [-0.05, 0) is 36.4 Å². The molecular weight excluding hydrogens is 550 g/mol. The van der Waals surface area contributed by atoms with Crippen LogP contribution in [-0.2, 0) is 13.2 Å². The molecule has 5 aromatic rings. The number of fused-ring (bicyclic) bond motifs is 1. The summed E-state index contributed by atoms with van der Waals surface area (Å²) in [6.45, 7) is -0.192. The smallest absolute Gasteiger partial charge is 0.416 e. The van der Waals surface area contributed by atoms with Crippen LogP contribution in [0.3, 0.4) is 0 Å². The van der Waals surface area contributed by atoms with Gasteiger partial charge in [0.05, 0.1) is 35.1 Å². The SMILES string of the molecule is Cn1c(Nc2cc(C(F)(F)F)ccc2F)nc2cc(Oc3ccnc(-c4ncc(OC(=O)NCCO)[nH]4)c3)ccc21. The number of ether oxygens (including phenoxy) is 2. The Morgan fingerprint density at radius 3 is 2.68 bits per heavy atom. The van der Waals surface area contributed by atoms with Crippen molar-refractivity contribution >= 4 is 28.8 Å². The highest BCUT2D eigenvalue weighted by atomic mass is 19.4. The summed E-state index contributed by atoms with van der Waals surface area (Å²) in [7, 11) is 1.64.